The van der Waals surface area contributed by atoms with Crippen molar-refractivity contribution < 1.29 is 9.84 Å². The molecule has 3 nitrogen and oxygen atoms in total. The maximum Gasteiger partial charge on any atom is 0.0621 e. The largest absolute Gasteiger partial charge is 0.396 e. The van der Waals surface area contributed by atoms with Gasteiger partial charge in [0.1, 0.15) is 0 Å². The highest BCUT2D eigenvalue weighted by Crippen LogP contribution is 2.19. The molecule has 0 heterocycles. The molecule has 98 valence electrons. The lowest BCUT2D eigenvalue weighted by molar-refractivity contribution is 0.0888. The van der Waals surface area contributed by atoms with Crippen LogP contribution in [0.3, 0.4) is 0 Å². The Morgan fingerprint density at radius 3 is 2.31 bits per heavy atom. The molecule has 0 aliphatic carbocycles. The van der Waals surface area contributed by atoms with Crippen LogP contribution in [0.25, 0.3) is 0 Å². The summed E-state index contributed by atoms with van der Waals surface area (Å²) in [7, 11) is 0. The molecule has 3 heteroatoms. The minimum atomic E-state index is -0.0145. The molecule has 0 spiro atoms. The van der Waals surface area contributed by atoms with Crippen LogP contribution in [-0.4, -0.2) is 37.5 Å². The van der Waals surface area contributed by atoms with E-state index >= 15 is 0 Å². The van der Waals surface area contributed by atoms with Crippen molar-refractivity contribution in [1.82, 2.24) is 5.32 Å². The predicted octanol–water partition coefficient (Wildman–Crippen LogP) is 2.05. The predicted molar refractivity (Wildman–Crippen MR) is 68.6 cm³/mol. The highest BCUT2D eigenvalue weighted by Gasteiger charge is 2.23. The van der Waals surface area contributed by atoms with Gasteiger partial charge >= 0.3 is 0 Å². The van der Waals surface area contributed by atoms with E-state index in [9.17, 15) is 5.11 Å². The molecule has 0 aliphatic rings. The summed E-state index contributed by atoms with van der Waals surface area (Å²) < 4.78 is 5.46. The molecule has 0 saturated heterocycles. The van der Waals surface area contributed by atoms with E-state index in [2.05, 4.69) is 33.0 Å². The van der Waals surface area contributed by atoms with Gasteiger partial charge in [-0.15, -0.1) is 0 Å². The molecular weight excluding hydrogens is 202 g/mol. The summed E-state index contributed by atoms with van der Waals surface area (Å²) in [6, 6.07) is 0.373. The normalized spacial score (nSPS) is 17.4. The highest BCUT2D eigenvalue weighted by atomic mass is 16.5. The first-order chi connectivity index (χ1) is 7.49. The van der Waals surface area contributed by atoms with Gasteiger partial charge in [-0.05, 0) is 19.3 Å². The molecule has 0 aromatic carbocycles. The summed E-state index contributed by atoms with van der Waals surface area (Å²) in [5.74, 6) is 0.548. The summed E-state index contributed by atoms with van der Waals surface area (Å²) >= 11 is 0. The monoisotopic (exact) mass is 231 g/mol. The Hall–Kier alpha value is -0.120. The zero-order valence-corrected chi connectivity index (χ0v) is 11.5. The van der Waals surface area contributed by atoms with E-state index in [1.807, 2.05) is 6.92 Å². The molecule has 0 radical (unpaired) electrons. The molecule has 0 aromatic rings. The smallest absolute Gasteiger partial charge is 0.0621 e. The second kappa shape index (κ2) is 8.04. The van der Waals surface area contributed by atoms with Crippen molar-refractivity contribution in [2.75, 3.05) is 26.4 Å². The summed E-state index contributed by atoms with van der Waals surface area (Å²) in [6.07, 6.45) is 0.982. The van der Waals surface area contributed by atoms with E-state index < -0.39 is 0 Å². The fourth-order valence-corrected chi connectivity index (χ4v) is 1.40. The minimum absolute atomic E-state index is 0.0145. The Morgan fingerprint density at radius 1 is 1.31 bits per heavy atom. The summed E-state index contributed by atoms with van der Waals surface area (Å²) in [6.45, 7) is 13.2. The number of aliphatic hydroxyl groups is 1. The average Bonchev–Trinajstić information content (AvgIpc) is 2.28. The van der Waals surface area contributed by atoms with Crippen LogP contribution in [0, 0.1) is 11.3 Å². The van der Waals surface area contributed by atoms with E-state index in [0.29, 0.717) is 12.0 Å². The van der Waals surface area contributed by atoms with Crippen molar-refractivity contribution in [3.63, 3.8) is 0 Å². The van der Waals surface area contributed by atoms with Crippen LogP contribution in [0.2, 0.25) is 0 Å². The van der Waals surface area contributed by atoms with Gasteiger partial charge in [0.2, 0.25) is 0 Å². The highest BCUT2D eigenvalue weighted by molar-refractivity contribution is 4.78. The van der Waals surface area contributed by atoms with Crippen molar-refractivity contribution in [1.29, 1.82) is 0 Å². The van der Waals surface area contributed by atoms with Gasteiger partial charge in [0.25, 0.3) is 0 Å². The molecule has 2 N–H and O–H groups in total. The van der Waals surface area contributed by atoms with E-state index in [-0.39, 0.29) is 12.0 Å². The third-order valence-electron chi connectivity index (χ3n) is 3.33. The van der Waals surface area contributed by atoms with Gasteiger partial charge in [-0.3, -0.25) is 0 Å². The maximum atomic E-state index is 9.34. The number of hydrogen-bond acceptors (Lipinski definition) is 3. The topological polar surface area (TPSA) is 41.5 Å². The SMILES string of the molecule is CCOCC(NCC(C)(CC)CO)C(C)C. The van der Waals surface area contributed by atoms with Gasteiger partial charge in [-0.1, -0.05) is 27.7 Å². The molecule has 0 saturated carbocycles. The molecular formula is C13H29NO2. The van der Waals surface area contributed by atoms with Gasteiger partial charge in [-0.2, -0.15) is 0 Å². The van der Waals surface area contributed by atoms with E-state index in [0.717, 1.165) is 26.2 Å². The first kappa shape index (κ1) is 15.9. The van der Waals surface area contributed by atoms with Gasteiger partial charge in [0.05, 0.1) is 6.61 Å². The van der Waals surface area contributed by atoms with Gasteiger partial charge in [-0.25, -0.2) is 0 Å². The lowest BCUT2D eigenvalue weighted by Crippen LogP contribution is -2.44. The summed E-state index contributed by atoms with van der Waals surface area (Å²) in [4.78, 5) is 0. The van der Waals surface area contributed by atoms with E-state index in [1.54, 1.807) is 0 Å². The van der Waals surface area contributed by atoms with Crippen LogP contribution in [0.4, 0.5) is 0 Å². The summed E-state index contributed by atoms with van der Waals surface area (Å²) in [5.41, 5.74) is -0.0145. The van der Waals surface area contributed by atoms with E-state index in [4.69, 9.17) is 4.74 Å². The molecule has 0 amide bonds. The lowest BCUT2D eigenvalue weighted by atomic mass is 9.88. The quantitative estimate of drug-likeness (QED) is 0.638. The molecule has 0 aromatic heterocycles. The summed E-state index contributed by atoms with van der Waals surface area (Å²) in [5, 5.41) is 12.9. The van der Waals surface area contributed by atoms with Crippen molar-refractivity contribution in [2.45, 2.75) is 47.1 Å². The third kappa shape index (κ3) is 5.83. The zero-order chi connectivity index (χ0) is 12.6. The van der Waals surface area contributed by atoms with Gasteiger partial charge in [0, 0.05) is 31.2 Å². The van der Waals surface area contributed by atoms with Crippen LogP contribution in [0.5, 0.6) is 0 Å². The number of hydrogen-bond donors (Lipinski definition) is 2. The Kier molecular flexibility index (Phi) is 7.98. The molecule has 2 unspecified atom stereocenters. The van der Waals surface area contributed by atoms with Crippen LogP contribution < -0.4 is 5.32 Å². The van der Waals surface area contributed by atoms with Crippen LogP contribution in [0.1, 0.15) is 41.0 Å². The van der Waals surface area contributed by atoms with Crippen LogP contribution >= 0.6 is 0 Å². The van der Waals surface area contributed by atoms with Crippen molar-refractivity contribution in [2.24, 2.45) is 11.3 Å². The molecule has 0 fully saturated rings. The standard InChI is InChI=1S/C13H29NO2/c1-6-13(5,10-15)9-14-12(11(3)4)8-16-7-2/h11-12,14-15H,6-10H2,1-5H3. The lowest BCUT2D eigenvalue weighted by Gasteiger charge is -2.30. The maximum absolute atomic E-state index is 9.34. The fraction of sp³-hybridized carbons (Fsp3) is 1.00. The number of ether oxygens (including phenoxy) is 1. The average molecular weight is 231 g/mol. The molecule has 2 atom stereocenters. The molecule has 0 bridgehead atoms. The number of rotatable bonds is 9. The Labute approximate surface area is 101 Å². The number of aliphatic hydroxyl groups excluding tert-OH is 1. The third-order valence-corrected chi connectivity index (χ3v) is 3.33. The first-order valence-corrected chi connectivity index (χ1v) is 6.41. The number of nitrogens with one attached hydrogen (secondary N) is 1. The Morgan fingerprint density at radius 2 is 1.94 bits per heavy atom. The van der Waals surface area contributed by atoms with E-state index in [1.165, 1.54) is 0 Å². The Bertz CT molecular complexity index is 167. The van der Waals surface area contributed by atoms with Crippen LogP contribution in [-0.2, 0) is 4.74 Å². The van der Waals surface area contributed by atoms with Crippen molar-refractivity contribution >= 4 is 0 Å². The van der Waals surface area contributed by atoms with Gasteiger partial charge in [0.15, 0.2) is 0 Å². The Balaban J connectivity index is 4.09. The minimum Gasteiger partial charge on any atom is -0.396 e. The zero-order valence-electron chi connectivity index (χ0n) is 11.5. The molecule has 16 heavy (non-hydrogen) atoms. The van der Waals surface area contributed by atoms with Gasteiger partial charge < -0.3 is 15.2 Å². The van der Waals surface area contributed by atoms with Crippen molar-refractivity contribution in [3.05, 3.63) is 0 Å². The first-order valence-electron chi connectivity index (χ1n) is 6.41. The fourth-order valence-electron chi connectivity index (χ4n) is 1.40. The molecule has 0 rings (SSSR count). The van der Waals surface area contributed by atoms with Crippen molar-refractivity contribution in [3.8, 4) is 0 Å². The second-order valence-electron chi connectivity index (χ2n) is 5.21. The molecule has 0 aliphatic heterocycles. The second-order valence-corrected chi connectivity index (χ2v) is 5.21. The van der Waals surface area contributed by atoms with Crippen LogP contribution in [0.15, 0.2) is 0 Å².